The molecule has 0 fully saturated rings. The van der Waals surface area contributed by atoms with E-state index in [1.807, 2.05) is 0 Å². The zero-order chi connectivity index (χ0) is 8.72. The zero-order valence-corrected chi connectivity index (χ0v) is 8.12. The summed E-state index contributed by atoms with van der Waals surface area (Å²) in [5.41, 5.74) is 1.14. The monoisotopic (exact) mass is 219 g/mol. The van der Waals surface area contributed by atoms with Crippen LogP contribution < -0.4 is 0 Å². The van der Waals surface area contributed by atoms with E-state index in [0.717, 1.165) is 0 Å². The number of thiol groups is 1. The smallest absolute Gasteiger partial charge is 0.253 e. The molecule has 0 atom stereocenters. The van der Waals surface area contributed by atoms with E-state index >= 15 is 0 Å². The second-order valence-electron chi connectivity index (χ2n) is 2.23. The Bertz CT molecular complexity index is 440. The van der Waals surface area contributed by atoms with Crippen LogP contribution in [-0.2, 0) is 0 Å². The van der Waals surface area contributed by atoms with Crippen LogP contribution in [0.4, 0.5) is 0 Å². The third-order valence-electron chi connectivity index (χ3n) is 1.40. The molecule has 0 amide bonds. The normalized spacial score (nSPS) is 10.9. The average Bonchev–Trinajstić information content (AvgIpc) is 2.29. The zero-order valence-electron chi connectivity index (χ0n) is 5.71. The summed E-state index contributed by atoms with van der Waals surface area (Å²) in [5.74, 6) is 0. The van der Waals surface area contributed by atoms with Gasteiger partial charge in [-0.3, -0.25) is 0 Å². The van der Waals surface area contributed by atoms with Gasteiger partial charge in [0.2, 0.25) is 0 Å². The van der Waals surface area contributed by atoms with Crippen molar-refractivity contribution in [1.82, 2.24) is 4.98 Å². The molecule has 62 valence electrons. The second kappa shape index (κ2) is 2.83. The quantitative estimate of drug-likeness (QED) is 0.688. The minimum Gasteiger partial charge on any atom is -0.431 e. The molecule has 5 heteroatoms. The van der Waals surface area contributed by atoms with Crippen LogP contribution in [0.3, 0.4) is 0 Å². The van der Waals surface area contributed by atoms with Crippen molar-refractivity contribution >= 4 is 46.9 Å². The van der Waals surface area contributed by atoms with Gasteiger partial charge in [-0.2, -0.15) is 0 Å². The Balaban J connectivity index is 2.88. The summed E-state index contributed by atoms with van der Waals surface area (Å²) in [6, 6.07) is 3.26. The van der Waals surface area contributed by atoms with E-state index in [9.17, 15) is 0 Å². The number of nitrogens with zero attached hydrogens (tertiary/aromatic N) is 1. The van der Waals surface area contributed by atoms with E-state index in [-0.39, 0.29) is 5.22 Å². The molecule has 12 heavy (non-hydrogen) atoms. The first-order chi connectivity index (χ1) is 5.66. The molecule has 2 aromatic rings. The number of aromatic nitrogens is 1. The highest BCUT2D eigenvalue weighted by Gasteiger charge is 2.07. The first-order valence-electron chi connectivity index (χ1n) is 3.11. The predicted octanol–water partition coefficient (Wildman–Crippen LogP) is 3.42. The molecular formula is C7H3Cl2NOS. The van der Waals surface area contributed by atoms with Crippen molar-refractivity contribution in [3.05, 3.63) is 22.2 Å². The Morgan fingerprint density at radius 2 is 2.08 bits per heavy atom. The number of fused-ring (bicyclic) bond motifs is 1. The van der Waals surface area contributed by atoms with Crippen LogP contribution >= 0.6 is 35.8 Å². The molecule has 0 aliphatic rings. The number of benzene rings is 1. The minimum absolute atomic E-state index is 0.286. The maximum Gasteiger partial charge on any atom is 0.253 e. The van der Waals surface area contributed by atoms with Gasteiger partial charge in [-0.05, 0) is 6.07 Å². The Kier molecular flexibility index (Phi) is 1.94. The molecule has 0 unspecified atom stereocenters. The van der Waals surface area contributed by atoms with Crippen molar-refractivity contribution in [2.75, 3.05) is 0 Å². The Labute approximate surface area is 83.9 Å². The van der Waals surface area contributed by atoms with Gasteiger partial charge in [-0.1, -0.05) is 35.8 Å². The van der Waals surface area contributed by atoms with Crippen LogP contribution in [0.25, 0.3) is 11.1 Å². The summed E-state index contributed by atoms with van der Waals surface area (Å²) in [6.45, 7) is 0. The third kappa shape index (κ3) is 1.28. The highest BCUT2D eigenvalue weighted by atomic mass is 35.5. The summed E-state index contributed by atoms with van der Waals surface area (Å²) >= 11 is 15.5. The van der Waals surface area contributed by atoms with E-state index in [4.69, 9.17) is 27.6 Å². The standard InChI is InChI=1S/C7H3Cl2NOS/c8-3-1-4(9)6-5(2-3)11-7(12)10-6/h1-2H,(H,10,12). The number of hydrogen-bond donors (Lipinski definition) is 1. The average molecular weight is 220 g/mol. The lowest BCUT2D eigenvalue weighted by Gasteiger charge is -1.91. The van der Waals surface area contributed by atoms with E-state index in [0.29, 0.717) is 21.1 Å². The largest absolute Gasteiger partial charge is 0.431 e. The molecular weight excluding hydrogens is 217 g/mol. The summed E-state index contributed by atoms with van der Waals surface area (Å²) < 4.78 is 5.11. The van der Waals surface area contributed by atoms with Crippen molar-refractivity contribution < 1.29 is 4.42 Å². The van der Waals surface area contributed by atoms with Gasteiger partial charge in [0.05, 0.1) is 5.02 Å². The molecule has 0 spiro atoms. The van der Waals surface area contributed by atoms with Gasteiger partial charge >= 0.3 is 0 Å². The SMILES string of the molecule is Sc1nc2c(Cl)cc(Cl)cc2o1. The van der Waals surface area contributed by atoms with Crippen molar-refractivity contribution in [2.24, 2.45) is 0 Å². The first-order valence-corrected chi connectivity index (χ1v) is 4.31. The third-order valence-corrected chi connectivity index (χ3v) is 2.10. The topological polar surface area (TPSA) is 26.0 Å². The van der Waals surface area contributed by atoms with Gasteiger partial charge in [0.25, 0.3) is 5.22 Å². The molecule has 1 aromatic heterocycles. The molecule has 0 bridgehead atoms. The molecule has 0 aliphatic heterocycles. The fourth-order valence-electron chi connectivity index (χ4n) is 0.945. The molecule has 0 aliphatic carbocycles. The second-order valence-corrected chi connectivity index (χ2v) is 3.46. The molecule has 0 N–H and O–H groups in total. The number of halogens is 2. The van der Waals surface area contributed by atoms with E-state index in [1.165, 1.54) is 0 Å². The molecule has 0 saturated carbocycles. The van der Waals surface area contributed by atoms with Crippen molar-refractivity contribution in [3.8, 4) is 0 Å². The van der Waals surface area contributed by atoms with Gasteiger partial charge in [0, 0.05) is 11.1 Å². The lowest BCUT2D eigenvalue weighted by atomic mass is 10.3. The lowest BCUT2D eigenvalue weighted by molar-refractivity contribution is 0.492. The highest BCUT2D eigenvalue weighted by Crippen LogP contribution is 2.28. The van der Waals surface area contributed by atoms with Crippen molar-refractivity contribution in [2.45, 2.75) is 5.22 Å². The van der Waals surface area contributed by atoms with Crippen molar-refractivity contribution in [3.63, 3.8) is 0 Å². The summed E-state index contributed by atoms with van der Waals surface area (Å²) in [6.07, 6.45) is 0. The van der Waals surface area contributed by atoms with E-state index < -0.39 is 0 Å². The number of rotatable bonds is 0. The highest BCUT2D eigenvalue weighted by molar-refractivity contribution is 7.80. The lowest BCUT2D eigenvalue weighted by Crippen LogP contribution is -1.70. The fraction of sp³-hybridized carbons (Fsp3) is 0. The summed E-state index contributed by atoms with van der Waals surface area (Å²) in [5, 5.41) is 1.28. The summed E-state index contributed by atoms with van der Waals surface area (Å²) in [4.78, 5) is 3.96. The fourth-order valence-corrected chi connectivity index (χ4v) is 1.66. The van der Waals surface area contributed by atoms with Gasteiger partial charge in [-0.25, -0.2) is 4.98 Å². The number of oxazole rings is 1. The molecule has 1 heterocycles. The Morgan fingerprint density at radius 3 is 2.83 bits per heavy atom. The predicted molar refractivity (Wildman–Crippen MR) is 51.3 cm³/mol. The van der Waals surface area contributed by atoms with Crippen molar-refractivity contribution in [1.29, 1.82) is 0 Å². The van der Waals surface area contributed by atoms with Crippen LogP contribution in [0.5, 0.6) is 0 Å². The molecule has 2 nitrogen and oxygen atoms in total. The molecule has 0 saturated heterocycles. The Morgan fingerprint density at radius 1 is 1.33 bits per heavy atom. The van der Waals surface area contributed by atoms with Gasteiger partial charge in [0.15, 0.2) is 5.58 Å². The molecule has 1 aromatic carbocycles. The van der Waals surface area contributed by atoms with Crippen LogP contribution in [0.1, 0.15) is 0 Å². The van der Waals surface area contributed by atoms with Gasteiger partial charge in [-0.15, -0.1) is 0 Å². The van der Waals surface area contributed by atoms with E-state index in [2.05, 4.69) is 17.6 Å². The number of hydrogen-bond acceptors (Lipinski definition) is 3. The Hall–Kier alpha value is -0.380. The molecule has 2 rings (SSSR count). The molecule has 0 radical (unpaired) electrons. The van der Waals surface area contributed by atoms with Crippen LogP contribution in [-0.4, -0.2) is 4.98 Å². The van der Waals surface area contributed by atoms with Crippen LogP contribution in [0.15, 0.2) is 21.8 Å². The summed E-state index contributed by atoms with van der Waals surface area (Å²) in [7, 11) is 0. The van der Waals surface area contributed by atoms with Gasteiger partial charge < -0.3 is 4.42 Å². The van der Waals surface area contributed by atoms with E-state index in [1.54, 1.807) is 12.1 Å². The van der Waals surface area contributed by atoms with Gasteiger partial charge in [0.1, 0.15) is 5.52 Å². The maximum atomic E-state index is 5.83. The van der Waals surface area contributed by atoms with Crippen LogP contribution in [0.2, 0.25) is 10.0 Å². The minimum atomic E-state index is 0.286. The first kappa shape index (κ1) is 8.23. The maximum absolute atomic E-state index is 5.83. The van der Waals surface area contributed by atoms with Crippen LogP contribution in [0, 0.1) is 0 Å².